The Balaban J connectivity index is 2.18. The van der Waals surface area contributed by atoms with Crippen molar-refractivity contribution in [2.75, 3.05) is 13.1 Å². The molecular formula is C19H32N2. The van der Waals surface area contributed by atoms with Crippen molar-refractivity contribution in [2.45, 2.75) is 70.9 Å². The predicted octanol–water partition coefficient (Wildman–Crippen LogP) is 4.26. The van der Waals surface area contributed by atoms with Gasteiger partial charge in [-0.2, -0.15) is 0 Å². The molecule has 2 N–H and O–H groups in total. The van der Waals surface area contributed by atoms with Gasteiger partial charge in [0.2, 0.25) is 0 Å². The third kappa shape index (κ3) is 4.31. The first-order chi connectivity index (χ1) is 10.2. The van der Waals surface area contributed by atoms with E-state index in [4.69, 9.17) is 5.73 Å². The van der Waals surface area contributed by atoms with Crippen LogP contribution in [0, 0.1) is 6.92 Å². The van der Waals surface area contributed by atoms with Crippen LogP contribution >= 0.6 is 0 Å². The summed E-state index contributed by atoms with van der Waals surface area (Å²) < 4.78 is 0. The molecule has 1 aliphatic carbocycles. The monoisotopic (exact) mass is 288 g/mol. The molecule has 1 fully saturated rings. The van der Waals surface area contributed by atoms with E-state index in [1.54, 1.807) is 0 Å². The summed E-state index contributed by atoms with van der Waals surface area (Å²) >= 11 is 0. The normalized spacial score (nSPS) is 18.7. The Morgan fingerprint density at radius 3 is 2.43 bits per heavy atom. The third-order valence-electron chi connectivity index (χ3n) is 5.03. The summed E-state index contributed by atoms with van der Waals surface area (Å²) in [5.41, 5.74) is 9.30. The standard InChI is InChI=1S/C19H32N2/c1-3-13-21(15-18-10-8-9-17(2)14-18)19(16-20)11-6-4-5-7-12-19/h8-10,14H,3-7,11-13,15-16,20H2,1-2H3. The minimum atomic E-state index is 0.232. The van der Waals surface area contributed by atoms with Crippen LogP contribution in [0.25, 0.3) is 0 Å². The topological polar surface area (TPSA) is 29.3 Å². The number of benzene rings is 1. The molecule has 0 saturated heterocycles. The molecule has 1 saturated carbocycles. The predicted molar refractivity (Wildman–Crippen MR) is 91.4 cm³/mol. The van der Waals surface area contributed by atoms with Gasteiger partial charge in [0.25, 0.3) is 0 Å². The maximum Gasteiger partial charge on any atom is 0.0335 e. The fraction of sp³-hybridized carbons (Fsp3) is 0.684. The molecule has 0 aromatic heterocycles. The van der Waals surface area contributed by atoms with Crippen molar-refractivity contribution in [3.05, 3.63) is 35.4 Å². The fourth-order valence-corrected chi connectivity index (χ4v) is 3.82. The fourth-order valence-electron chi connectivity index (χ4n) is 3.82. The SMILES string of the molecule is CCCN(Cc1cccc(C)c1)C1(CN)CCCCCC1. The van der Waals surface area contributed by atoms with Crippen LogP contribution in [0.3, 0.4) is 0 Å². The number of nitrogens with two attached hydrogens (primary N) is 1. The largest absolute Gasteiger partial charge is 0.329 e. The first kappa shape index (κ1) is 16.5. The van der Waals surface area contributed by atoms with E-state index < -0.39 is 0 Å². The Hall–Kier alpha value is -0.860. The van der Waals surface area contributed by atoms with E-state index in [0.717, 1.165) is 19.6 Å². The van der Waals surface area contributed by atoms with Crippen LogP contribution in [-0.2, 0) is 6.54 Å². The Morgan fingerprint density at radius 1 is 1.14 bits per heavy atom. The van der Waals surface area contributed by atoms with E-state index in [1.807, 2.05) is 0 Å². The summed E-state index contributed by atoms with van der Waals surface area (Å²) in [5.74, 6) is 0. The summed E-state index contributed by atoms with van der Waals surface area (Å²) in [4.78, 5) is 2.69. The maximum atomic E-state index is 6.28. The molecule has 0 bridgehead atoms. The van der Waals surface area contributed by atoms with E-state index in [0.29, 0.717) is 0 Å². The summed E-state index contributed by atoms with van der Waals surface area (Å²) in [6.45, 7) is 7.47. The van der Waals surface area contributed by atoms with Gasteiger partial charge in [-0.15, -0.1) is 0 Å². The lowest BCUT2D eigenvalue weighted by Crippen LogP contribution is -2.53. The molecule has 118 valence electrons. The molecule has 0 amide bonds. The smallest absolute Gasteiger partial charge is 0.0335 e. The second kappa shape index (κ2) is 7.95. The molecule has 0 radical (unpaired) electrons. The van der Waals surface area contributed by atoms with Crippen molar-refractivity contribution >= 4 is 0 Å². The molecule has 1 aromatic carbocycles. The van der Waals surface area contributed by atoms with Gasteiger partial charge in [-0.1, -0.05) is 62.4 Å². The summed E-state index contributed by atoms with van der Waals surface area (Å²) in [6.07, 6.45) is 9.19. The Kier molecular flexibility index (Phi) is 6.25. The van der Waals surface area contributed by atoms with Crippen LogP contribution in [-0.4, -0.2) is 23.5 Å². The lowest BCUT2D eigenvalue weighted by atomic mass is 9.87. The maximum absolute atomic E-state index is 6.28. The number of hydrogen-bond acceptors (Lipinski definition) is 2. The highest BCUT2D eigenvalue weighted by Crippen LogP contribution is 2.33. The van der Waals surface area contributed by atoms with E-state index in [1.165, 1.54) is 56.1 Å². The van der Waals surface area contributed by atoms with Crippen molar-refractivity contribution < 1.29 is 0 Å². The molecular weight excluding hydrogens is 256 g/mol. The number of hydrogen-bond donors (Lipinski definition) is 1. The van der Waals surface area contributed by atoms with Gasteiger partial charge in [-0.05, 0) is 38.3 Å². The zero-order valence-corrected chi connectivity index (χ0v) is 13.9. The Bertz CT molecular complexity index is 419. The zero-order valence-electron chi connectivity index (χ0n) is 13.9. The Labute approximate surface area is 130 Å². The zero-order chi connectivity index (χ0) is 15.1. The van der Waals surface area contributed by atoms with Crippen LogP contribution in [0.4, 0.5) is 0 Å². The van der Waals surface area contributed by atoms with Crippen LogP contribution in [0.1, 0.15) is 63.0 Å². The van der Waals surface area contributed by atoms with Crippen molar-refractivity contribution in [1.29, 1.82) is 0 Å². The molecule has 0 heterocycles. The minimum Gasteiger partial charge on any atom is -0.329 e. The lowest BCUT2D eigenvalue weighted by Gasteiger charge is -2.43. The molecule has 0 atom stereocenters. The first-order valence-corrected chi connectivity index (χ1v) is 8.71. The number of nitrogens with zero attached hydrogens (tertiary/aromatic N) is 1. The summed E-state index contributed by atoms with van der Waals surface area (Å²) in [5, 5.41) is 0. The van der Waals surface area contributed by atoms with Crippen molar-refractivity contribution in [2.24, 2.45) is 5.73 Å². The molecule has 0 spiro atoms. The van der Waals surface area contributed by atoms with E-state index >= 15 is 0 Å². The van der Waals surface area contributed by atoms with Gasteiger partial charge >= 0.3 is 0 Å². The minimum absolute atomic E-state index is 0.232. The molecule has 1 aliphatic rings. The molecule has 0 unspecified atom stereocenters. The van der Waals surface area contributed by atoms with E-state index in [2.05, 4.69) is 43.0 Å². The highest BCUT2D eigenvalue weighted by molar-refractivity contribution is 5.22. The van der Waals surface area contributed by atoms with Gasteiger partial charge in [-0.3, -0.25) is 4.90 Å². The summed E-state index contributed by atoms with van der Waals surface area (Å²) in [6, 6.07) is 8.94. The average molecular weight is 288 g/mol. The van der Waals surface area contributed by atoms with Crippen molar-refractivity contribution in [3.8, 4) is 0 Å². The van der Waals surface area contributed by atoms with Crippen molar-refractivity contribution in [3.63, 3.8) is 0 Å². The second-order valence-electron chi connectivity index (χ2n) is 6.75. The number of rotatable bonds is 6. The quantitative estimate of drug-likeness (QED) is 0.793. The van der Waals surface area contributed by atoms with Gasteiger partial charge in [0.1, 0.15) is 0 Å². The summed E-state index contributed by atoms with van der Waals surface area (Å²) in [7, 11) is 0. The first-order valence-electron chi connectivity index (χ1n) is 8.71. The molecule has 2 nitrogen and oxygen atoms in total. The van der Waals surface area contributed by atoms with E-state index in [9.17, 15) is 0 Å². The molecule has 2 rings (SSSR count). The molecule has 2 heteroatoms. The van der Waals surface area contributed by atoms with Gasteiger partial charge in [0.15, 0.2) is 0 Å². The third-order valence-corrected chi connectivity index (χ3v) is 5.03. The van der Waals surface area contributed by atoms with Crippen LogP contribution < -0.4 is 5.73 Å². The highest BCUT2D eigenvalue weighted by Gasteiger charge is 2.35. The van der Waals surface area contributed by atoms with Gasteiger partial charge < -0.3 is 5.73 Å². The second-order valence-corrected chi connectivity index (χ2v) is 6.75. The molecule has 0 aliphatic heterocycles. The lowest BCUT2D eigenvalue weighted by molar-refractivity contribution is 0.0697. The van der Waals surface area contributed by atoms with Crippen LogP contribution in [0.15, 0.2) is 24.3 Å². The van der Waals surface area contributed by atoms with Crippen LogP contribution in [0.5, 0.6) is 0 Å². The molecule has 1 aromatic rings. The van der Waals surface area contributed by atoms with Gasteiger partial charge in [0, 0.05) is 18.6 Å². The highest BCUT2D eigenvalue weighted by atomic mass is 15.2. The van der Waals surface area contributed by atoms with Gasteiger partial charge in [-0.25, -0.2) is 0 Å². The van der Waals surface area contributed by atoms with Crippen molar-refractivity contribution in [1.82, 2.24) is 4.90 Å². The van der Waals surface area contributed by atoms with Gasteiger partial charge in [0.05, 0.1) is 0 Å². The average Bonchev–Trinajstić information content (AvgIpc) is 2.73. The Morgan fingerprint density at radius 2 is 1.86 bits per heavy atom. The van der Waals surface area contributed by atoms with Crippen LogP contribution in [0.2, 0.25) is 0 Å². The van der Waals surface area contributed by atoms with E-state index in [-0.39, 0.29) is 5.54 Å². The molecule has 21 heavy (non-hydrogen) atoms. The number of aryl methyl sites for hydroxylation is 1.